The zero-order valence-electron chi connectivity index (χ0n) is 5.25. The highest BCUT2D eigenvalue weighted by molar-refractivity contribution is 4.90. The Morgan fingerprint density at radius 3 is 3.00 bits per heavy atom. The largest absolute Gasteiger partial charge is 0.374 e. The van der Waals surface area contributed by atoms with Gasteiger partial charge in [0, 0.05) is 6.61 Å². The topological polar surface area (TPSA) is 44.5 Å². The smallest absolute Gasteiger partial charge is 0.101 e. The molecule has 2 N–H and O–H groups in total. The van der Waals surface area contributed by atoms with Gasteiger partial charge < -0.3 is 15.2 Å². The van der Waals surface area contributed by atoms with Gasteiger partial charge in [0.05, 0.1) is 18.8 Å². The second-order valence-electron chi connectivity index (χ2n) is 2.66. The molecule has 0 aromatic rings. The van der Waals surface area contributed by atoms with Crippen molar-refractivity contribution in [1.29, 1.82) is 0 Å². The molecule has 0 spiro atoms. The van der Waals surface area contributed by atoms with Crippen molar-refractivity contribution in [1.82, 2.24) is 0 Å². The van der Waals surface area contributed by atoms with Crippen LogP contribution < -0.4 is 5.73 Å². The molecule has 52 valence electrons. The van der Waals surface area contributed by atoms with E-state index in [-0.39, 0.29) is 12.1 Å². The Labute approximate surface area is 54.1 Å². The van der Waals surface area contributed by atoms with Gasteiger partial charge >= 0.3 is 0 Å². The van der Waals surface area contributed by atoms with Crippen LogP contribution in [0.2, 0.25) is 0 Å². The van der Waals surface area contributed by atoms with E-state index in [0.29, 0.717) is 12.7 Å². The molecule has 0 bridgehead atoms. The summed E-state index contributed by atoms with van der Waals surface area (Å²) in [6, 6.07) is 0.123. The quantitative estimate of drug-likeness (QED) is 0.479. The first kappa shape index (κ1) is 5.65. The van der Waals surface area contributed by atoms with E-state index in [4.69, 9.17) is 15.2 Å². The van der Waals surface area contributed by atoms with Crippen molar-refractivity contribution >= 4 is 0 Å². The van der Waals surface area contributed by atoms with Crippen LogP contribution >= 0.6 is 0 Å². The lowest BCUT2D eigenvalue weighted by Gasteiger charge is -2.09. The molecule has 2 heterocycles. The molecule has 2 fully saturated rings. The van der Waals surface area contributed by atoms with Crippen molar-refractivity contribution < 1.29 is 9.47 Å². The van der Waals surface area contributed by atoms with Gasteiger partial charge in [-0.15, -0.1) is 0 Å². The van der Waals surface area contributed by atoms with Crippen molar-refractivity contribution in [2.45, 2.75) is 24.7 Å². The van der Waals surface area contributed by atoms with Gasteiger partial charge in [0.1, 0.15) is 6.10 Å². The maximum absolute atomic E-state index is 5.67. The molecule has 2 aliphatic heterocycles. The molecule has 0 unspecified atom stereocenters. The third-order valence-electron chi connectivity index (χ3n) is 2.00. The van der Waals surface area contributed by atoms with Crippen molar-refractivity contribution in [3.05, 3.63) is 0 Å². The molecule has 2 aliphatic rings. The van der Waals surface area contributed by atoms with E-state index < -0.39 is 0 Å². The Kier molecular flexibility index (Phi) is 1.22. The maximum Gasteiger partial charge on any atom is 0.101 e. The number of hydrogen-bond donors (Lipinski definition) is 1. The van der Waals surface area contributed by atoms with Crippen LogP contribution in [0.4, 0.5) is 0 Å². The molecule has 0 aromatic carbocycles. The fraction of sp³-hybridized carbons (Fsp3) is 1.00. The van der Waals surface area contributed by atoms with Gasteiger partial charge in [-0.05, 0) is 6.42 Å². The summed E-state index contributed by atoms with van der Waals surface area (Å²) < 4.78 is 10.7. The van der Waals surface area contributed by atoms with Crippen LogP contribution in [0.3, 0.4) is 0 Å². The summed E-state index contributed by atoms with van der Waals surface area (Å²) in [5.41, 5.74) is 5.67. The van der Waals surface area contributed by atoms with Gasteiger partial charge in [-0.2, -0.15) is 0 Å². The van der Waals surface area contributed by atoms with Crippen molar-refractivity contribution in [3.8, 4) is 0 Å². The zero-order valence-corrected chi connectivity index (χ0v) is 5.25. The molecular weight excluding hydrogens is 118 g/mol. The van der Waals surface area contributed by atoms with Crippen molar-refractivity contribution in [2.24, 2.45) is 5.73 Å². The lowest BCUT2D eigenvalue weighted by Crippen LogP contribution is -2.34. The van der Waals surface area contributed by atoms with Crippen LogP contribution in [0.15, 0.2) is 0 Å². The highest BCUT2D eigenvalue weighted by Crippen LogP contribution is 2.24. The van der Waals surface area contributed by atoms with E-state index in [1.165, 1.54) is 0 Å². The van der Waals surface area contributed by atoms with Crippen LogP contribution in [-0.4, -0.2) is 31.5 Å². The van der Waals surface area contributed by atoms with Crippen LogP contribution in [0.5, 0.6) is 0 Å². The fourth-order valence-corrected chi connectivity index (χ4v) is 1.50. The minimum atomic E-state index is 0.123. The molecular formula is C6H11NO2. The van der Waals surface area contributed by atoms with E-state index in [1.807, 2.05) is 0 Å². The molecule has 2 rings (SSSR count). The molecule has 3 atom stereocenters. The molecule has 0 aliphatic carbocycles. The Morgan fingerprint density at radius 1 is 1.33 bits per heavy atom. The number of ether oxygens (including phenoxy) is 2. The summed E-state index contributed by atoms with van der Waals surface area (Å²) in [5, 5.41) is 0. The monoisotopic (exact) mass is 129 g/mol. The standard InChI is InChI=1S/C6H11NO2/c7-4-3-9-5-1-2-8-6(4)5/h4-6H,1-3,7H2/t4-,5+,6+/m0/s1. The van der Waals surface area contributed by atoms with Crippen LogP contribution in [0, 0.1) is 0 Å². The lowest BCUT2D eigenvalue weighted by molar-refractivity contribution is 0.0709. The number of nitrogens with two attached hydrogens (primary N) is 1. The predicted octanol–water partition coefficient (Wildman–Crippen LogP) is -0.499. The molecule has 0 amide bonds. The van der Waals surface area contributed by atoms with E-state index >= 15 is 0 Å². The molecule has 0 saturated carbocycles. The van der Waals surface area contributed by atoms with E-state index in [9.17, 15) is 0 Å². The Balaban J connectivity index is 2.07. The Morgan fingerprint density at radius 2 is 2.22 bits per heavy atom. The number of hydrogen-bond acceptors (Lipinski definition) is 3. The summed E-state index contributed by atoms with van der Waals surface area (Å²) in [7, 11) is 0. The van der Waals surface area contributed by atoms with E-state index in [0.717, 1.165) is 13.0 Å². The summed E-state index contributed by atoms with van der Waals surface area (Å²) in [6.07, 6.45) is 1.53. The summed E-state index contributed by atoms with van der Waals surface area (Å²) >= 11 is 0. The minimum Gasteiger partial charge on any atom is -0.374 e. The third-order valence-corrected chi connectivity index (χ3v) is 2.00. The lowest BCUT2D eigenvalue weighted by atomic mass is 10.1. The van der Waals surface area contributed by atoms with Crippen molar-refractivity contribution in [2.75, 3.05) is 13.2 Å². The first-order valence-electron chi connectivity index (χ1n) is 3.37. The summed E-state index contributed by atoms with van der Waals surface area (Å²) in [6.45, 7) is 1.50. The highest BCUT2D eigenvalue weighted by Gasteiger charge is 2.39. The highest BCUT2D eigenvalue weighted by atomic mass is 16.6. The average molecular weight is 129 g/mol. The Bertz CT molecular complexity index is 118. The molecule has 2 saturated heterocycles. The SMILES string of the molecule is N[C@H]1CO[C@@H]2CCO[C@H]12. The van der Waals surface area contributed by atoms with Crippen LogP contribution in [0.25, 0.3) is 0 Å². The van der Waals surface area contributed by atoms with Gasteiger partial charge in [-0.3, -0.25) is 0 Å². The fourth-order valence-electron chi connectivity index (χ4n) is 1.50. The molecule has 3 heteroatoms. The second-order valence-corrected chi connectivity index (χ2v) is 2.66. The first-order valence-corrected chi connectivity index (χ1v) is 3.37. The van der Waals surface area contributed by atoms with E-state index in [2.05, 4.69) is 0 Å². The maximum atomic E-state index is 5.67. The van der Waals surface area contributed by atoms with E-state index in [1.54, 1.807) is 0 Å². The minimum absolute atomic E-state index is 0.123. The summed E-state index contributed by atoms with van der Waals surface area (Å²) in [5.74, 6) is 0. The normalized spacial score (nSPS) is 49.7. The zero-order chi connectivity index (χ0) is 6.27. The molecule has 0 aromatic heterocycles. The van der Waals surface area contributed by atoms with Crippen LogP contribution in [0.1, 0.15) is 6.42 Å². The van der Waals surface area contributed by atoms with Gasteiger partial charge in [-0.1, -0.05) is 0 Å². The second kappa shape index (κ2) is 1.94. The van der Waals surface area contributed by atoms with Crippen LogP contribution in [-0.2, 0) is 9.47 Å². The summed E-state index contributed by atoms with van der Waals surface area (Å²) in [4.78, 5) is 0. The number of fused-ring (bicyclic) bond motifs is 1. The van der Waals surface area contributed by atoms with Gasteiger partial charge in [0.2, 0.25) is 0 Å². The Hall–Kier alpha value is -0.120. The van der Waals surface area contributed by atoms with Crippen molar-refractivity contribution in [3.63, 3.8) is 0 Å². The number of rotatable bonds is 0. The molecule has 0 radical (unpaired) electrons. The molecule has 3 nitrogen and oxygen atoms in total. The third kappa shape index (κ3) is 0.764. The molecule has 9 heavy (non-hydrogen) atoms. The van der Waals surface area contributed by atoms with Gasteiger partial charge in [0.15, 0.2) is 0 Å². The average Bonchev–Trinajstić information content (AvgIpc) is 2.35. The first-order chi connectivity index (χ1) is 4.38. The van der Waals surface area contributed by atoms with Gasteiger partial charge in [0.25, 0.3) is 0 Å². The predicted molar refractivity (Wildman–Crippen MR) is 32.1 cm³/mol. The van der Waals surface area contributed by atoms with Gasteiger partial charge in [-0.25, -0.2) is 0 Å².